The molecule has 12 nitrogen and oxygen atoms in total. The third kappa shape index (κ3) is 22.5. The molecule has 2 unspecified atom stereocenters. The normalized spacial score (nSPS) is 20.6. The van der Waals surface area contributed by atoms with Crippen LogP contribution in [0.1, 0.15) is 51.4 Å². The fourth-order valence-corrected chi connectivity index (χ4v) is 2.80. The van der Waals surface area contributed by atoms with E-state index >= 15 is 0 Å². The summed E-state index contributed by atoms with van der Waals surface area (Å²) in [6, 6.07) is 0. The Bertz CT molecular complexity index is 522. The highest BCUT2D eigenvalue weighted by molar-refractivity contribution is 7.79. The Morgan fingerprint density at radius 2 is 1.17 bits per heavy atom. The monoisotopic (exact) mass is 440 g/mol. The number of nitrogens with two attached hydrogens (primary N) is 4. The van der Waals surface area contributed by atoms with Gasteiger partial charge in [0.2, 0.25) is 0 Å². The average molecular weight is 441 g/mol. The van der Waals surface area contributed by atoms with Crippen LogP contribution in [0.3, 0.4) is 0 Å². The Kier molecular flexibility index (Phi) is 15.2. The van der Waals surface area contributed by atoms with Gasteiger partial charge in [-0.1, -0.05) is 0 Å². The van der Waals surface area contributed by atoms with Gasteiger partial charge in [-0.15, -0.1) is 0 Å². The Balaban J connectivity index is 0.000000442. The van der Waals surface area contributed by atoms with Crippen LogP contribution in [0.5, 0.6) is 0 Å². The van der Waals surface area contributed by atoms with Crippen molar-refractivity contribution in [2.45, 2.75) is 63.6 Å². The molecule has 0 amide bonds. The third-order valence-corrected chi connectivity index (χ3v) is 4.01. The molecule has 2 saturated heterocycles. The molecule has 0 radical (unpaired) electrons. The van der Waals surface area contributed by atoms with E-state index in [1.54, 1.807) is 0 Å². The predicted molar refractivity (Wildman–Crippen MR) is 112 cm³/mol. The standard InChI is InChI=1S/2C8H17N3O.H2O4S/c2*9-8(10)11-5-1-3-7-4-2-6-12-7;1-5(2,3)4/h2*7H,1-6H2,(H4,9,10,11);(H2,1,2,3,4). The Labute approximate surface area is 172 Å². The minimum absolute atomic E-state index is 0.183. The van der Waals surface area contributed by atoms with E-state index in [0.29, 0.717) is 12.2 Å². The van der Waals surface area contributed by atoms with Gasteiger partial charge in [-0.2, -0.15) is 8.42 Å². The van der Waals surface area contributed by atoms with Crippen molar-refractivity contribution in [3.63, 3.8) is 0 Å². The molecule has 0 aromatic rings. The summed E-state index contributed by atoms with van der Waals surface area (Å²) in [5.41, 5.74) is 20.7. The molecule has 2 aliphatic rings. The summed E-state index contributed by atoms with van der Waals surface area (Å²) in [4.78, 5) is 7.80. The molecule has 172 valence electrons. The van der Waals surface area contributed by atoms with Crippen LogP contribution in [-0.2, 0) is 19.9 Å². The maximum Gasteiger partial charge on any atom is 0.394 e. The van der Waals surface area contributed by atoms with Crippen LogP contribution in [0, 0.1) is 0 Å². The Hall–Kier alpha value is -1.67. The van der Waals surface area contributed by atoms with Crippen LogP contribution >= 0.6 is 0 Å². The molecule has 0 aliphatic carbocycles. The zero-order valence-corrected chi connectivity index (χ0v) is 17.6. The smallest absolute Gasteiger partial charge is 0.378 e. The number of guanidine groups is 2. The van der Waals surface area contributed by atoms with Gasteiger partial charge in [0.05, 0.1) is 12.2 Å². The summed E-state index contributed by atoms with van der Waals surface area (Å²) in [5, 5.41) is 0. The van der Waals surface area contributed by atoms with E-state index in [4.69, 9.17) is 49.9 Å². The van der Waals surface area contributed by atoms with Crippen molar-refractivity contribution < 1.29 is 27.0 Å². The maximum atomic E-state index is 8.74. The lowest BCUT2D eigenvalue weighted by atomic mass is 10.1. The lowest BCUT2D eigenvalue weighted by Gasteiger charge is -2.06. The molecule has 2 aliphatic heterocycles. The van der Waals surface area contributed by atoms with Gasteiger partial charge >= 0.3 is 10.4 Å². The van der Waals surface area contributed by atoms with Crippen LogP contribution in [0.2, 0.25) is 0 Å². The molecule has 13 heteroatoms. The van der Waals surface area contributed by atoms with Crippen molar-refractivity contribution in [1.29, 1.82) is 0 Å². The fraction of sp³-hybridized carbons (Fsp3) is 0.875. The van der Waals surface area contributed by atoms with E-state index in [-0.39, 0.29) is 11.9 Å². The molecule has 2 atom stereocenters. The number of rotatable bonds is 8. The highest BCUT2D eigenvalue weighted by Crippen LogP contribution is 2.17. The molecule has 29 heavy (non-hydrogen) atoms. The second kappa shape index (κ2) is 16.2. The van der Waals surface area contributed by atoms with Crippen molar-refractivity contribution in [2.24, 2.45) is 32.9 Å². The number of ether oxygens (including phenoxy) is 2. The van der Waals surface area contributed by atoms with Crippen molar-refractivity contribution in [1.82, 2.24) is 0 Å². The summed E-state index contributed by atoms with van der Waals surface area (Å²) in [6.07, 6.45) is 9.90. The molecular weight excluding hydrogens is 404 g/mol. The van der Waals surface area contributed by atoms with E-state index in [9.17, 15) is 0 Å². The summed E-state index contributed by atoms with van der Waals surface area (Å²) in [5.74, 6) is 0.365. The maximum absolute atomic E-state index is 8.74. The first-order chi connectivity index (χ1) is 13.6. The van der Waals surface area contributed by atoms with Crippen LogP contribution in [0.4, 0.5) is 0 Å². The summed E-state index contributed by atoms with van der Waals surface area (Å²) in [6.45, 7) is 3.30. The van der Waals surface area contributed by atoms with Crippen molar-refractivity contribution in [3.8, 4) is 0 Å². The van der Waals surface area contributed by atoms with E-state index < -0.39 is 10.4 Å². The Morgan fingerprint density at radius 1 is 0.828 bits per heavy atom. The average Bonchev–Trinajstić information content (AvgIpc) is 3.28. The summed E-state index contributed by atoms with van der Waals surface area (Å²) < 4.78 is 42.5. The number of hydrogen-bond donors (Lipinski definition) is 6. The summed E-state index contributed by atoms with van der Waals surface area (Å²) in [7, 11) is -4.67. The van der Waals surface area contributed by atoms with Gasteiger partial charge in [-0.05, 0) is 51.4 Å². The van der Waals surface area contributed by atoms with Crippen molar-refractivity contribution >= 4 is 22.3 Å². The third-order valence-electron chi connectivity index (χ3n) is 4.01. The minimum Gasteiger partial charge on any atom is -0.378 e. The molecule has 0 saturated carbocycles. The van der Waals surface area contributed by atoms with Gasteiger partial charge in [0.1, 0.15) is 0 Å². The topological polar surface area (TPSA) is 222 Å². The van der Waals surface area contributed by atoms with Crippen molar-refractivity contribution in [2.75, 3.05) is 26.3 Å². The van der Waals surface area contributed by atoms with Gasteiger partial charge in [0, 0.05) is 26.3 Å². The predicted octanol–water partition coefficient (Wildman–Crippen LogP) is -0.215. The lowest BCUT2D eigenvalue weighted by molar-refractivity contribution is 0.103. The first-order valence-electron chi connectivity index (χ1n) is 9.61. The fourth-order valence-electron chi connectivity index (χ4n) is 2.80. The highest BCUT2D eigenvalue weighted by Gasteiger charge is 2.14. The molecular formula is C16H36N6O6S. The molecule has 0 spiro atoms. The first-order valence-corrected chi connectivity index (χ1v) is 11.0. The van der Waals surface area contributed by atoms with Crippen LogP contribution < -0.4 is 22.9 Å². The molecule has 2 rings (SSSR count). The van der Waals surface area contributed by atoms with E-state index in [0.717, 1.165) is 52.0 Å². The lowest BCUT2D eigenvalue weighted by Crippen LogP contribution is -2.23. The van der Waals surface area contributed by atoms with Crippen LogP contribution in [0.25, 0.3) is 0 Å². The molecule has 10 N–H and O–H groups in total. The SMILES string of the molecule is NC(N)=NCCCC1CCCO1.NC(N)=NCCCC1CCCO1.O=S(=O)(O)O. The zero-order chi connectivity index (χ0) is 22.1. The molecule has 2 heterocycles. The van der Waals surface area contributed by atoms with Crippen molar-refractivity contribution in [3.05, 3.63) is 0 Å². The van der Waals surface area contributed by atoms with E-state index in [2.05, 4.69) is 9.98 Å². The Morgan fingerprint density at radius 3 is 1.41 bits per heavy atom. The minimum atomic E-state index is -4.67. The quantitative estimate of drug-likeness (QED) is 0.126. The second-order valence-corrected chi connectivity index (χ2v) is 7.51. The molecule has 0 bridgehead atoms. The van der Waals surface area contributed by atoms with Gasteiger partial charge < -0.3 is 32.4 Å². The van der Waals surface area contributed by atoms with E-state index in [1.165, 1.54) is 25.7 Å². The van der Waals surface area contributed by atoms with Gasteiger partial charge in [0.15, 0.2) is 11.9 Å². The number of nitrogens with zero attached hydrogens (tertiary/aromatic N) is 2. The number of aliphatic imine (C=N–C) groups is 2. The van der Waals surface area contributed by atoms with Crippen LogP contribution in [0.15, 0.2) is 9.98 Å². The largest absolute Gasteiger partial charge is 0.394 e. The van der Waals surface area contributed by atoms with Gasteiger partial charge in [0.25, 0.3) is 0 Å². The van der Waals surface area contributed by atoms with E-state index in [1.807, 2.05) is 0 Å². The second-order valence-electron chi connectivity index (χ2n) is 6.62. The first kappa shape index (κ1) is 27.3. The van der Waals surface area contributed by atoms with Crippen LogP contribution in [-0.4, -0.2) is 68.0 Å². The zero-order valence-electron chi connectivity index (χ0n) is 16.8. The number of hydrogen-bond acceptors (Lipinski definition) is 6. The molecule has 2 fully saturated rings. The van der Waals surface area contributed by atoms with Gasteiger partial charge in [-0.3, -0.25) is 19.1 Å². The molecule has 0 aromatic carbocycles. The summed E-state index contributed by atoms with van der Waals surface area (Å²) >= 11 is 0. The molecule has 0 aromatic heterocycles. The van der Waals surface area contributed by atoms with Gasteiger partial charge in [-0.25, -0.2) is 0 Å². The highest BCUT2D eigenvalue weighted by atomic mass is 32.3.